The van der Waals surface area contributed by atoms with Crippen LogP contribution in [0.4, 0.5) is 8.78 Å². The molecule has 0 amide bonds. The molecule has 18 heavy (non-hydrogen) atoms. The number of benzene rings is 1. The lowest BCUT2D eigenvalue weighted by atomic mass is 10.1. The minimum atomic E-state index is -0.462. The quantitative estimate of drug-likeness (QED) is 0.879. The molecular weight excluding hydrogens is 252 g/mol. The smallest absolute Gasteiger partial charge is 0.129 e. The molecule has 1 unspecified atom stereocenters. The van der Waals surface area contributed by atoms with Gasteiger partial charge in [-0.3, -0.25) is 0 Å². The van der Waals surface area contributed by atoms with E-state index in [0.717, 1.165) is 5.75 Å². The van der Waals surface area contributed by atoms with Crippen LogP contribution in [0.3, 0.4) is 0 Å². The first kappa shape index (κ1) is 15.4. The summed E-state index contributed by atoms with van der Waals surface area (Å²) in [5.41, 5.74) is 0.173. The average Bonchev–Trinajstić information content (AvgIpc) is 2.26. The molecular formula is C14H21F2NS. The zero-order chi connectivity index (χ0) is 13.8. The van der Waals surface area contributed by atoms with Crippen molar-refractivity contribution in [1.29, 1.82) is 0 Å². The van der Waals surface area contributed by atoms with Crippen molar-refractivity contribution in [2.45, 2.75) is 38.0 Å². The van der Waals surface area contributed by atoms with Crippen molar-refractivity contribution >= 4 is 11.8 Å². The van der Waals surface area contributed by atoms with Crippen LogP contribution in [0.5, 0.6) is 0 Å². The van der Waals surface area contributed by atoms with Crippen molar-refractivity contribution in [1.82, 2.24) is 5.32 Å². The number of hydrogen-bond acceptors (Lipinski definition) is 2. The summed E-state index contributed by atoms with van der Waals surface area (Å²) in [5.74, 6) is -0.0969. The van der Waals surface area contributed by atoms with E-state index in [1.165, 1.54) is 18.2 Å². The summed E-state index contributed by atoms with van der Waals surface area (Å²) in [6, 6.07) is 4.08. The maximum atomic E-state index is 13.5. The highest BCUT2D eigenvalue weighted by atomic mass is 32.2. The van der Waals surface area contributed by atoms with Crippen LogP contribution in [0.1, 0.15) is 26.3 Å². The molecule has 4 heteroatoms. The molecule has 102 valence electrons. The highest BCUT2D eigenvalue weighted by molar-refractivity contribution is 8.00. The van der Waals surface area contributed by atoms with Gasteiger partial charge in [0.05, 0.1) is 0 Å². The molecule has 1 rings (SSSR count). The molecule has 0 fully saturated rings. The summed E-state index contributed by atoms with van der Waals surface area (Å²) in [6.45, 7) is 6.40. The molecule has 0 aliphatic carbocycles. The number of rotatable bonds is 5. The molecule has 1 aromatic carbocycles. The van der Waals surface area contributed by atoms with E-state index in [1.54, 1.807) is 11.8 Å². The zero-order valence-electron chi connectivity index (χ0n) is 11.4. The molecule has 0 saturated carbocycles. The van der Waals surface area contributed by atoms with E-state index >= 15 is 0 Å². The SMILES string of the molecule is CNC(CSC(C)(C)C)Cc1c(F)cccc1F. The second kappa shape index (κ2) is 6.53. The predicted octanol–water partition coefficient (Wildman–Crippen LogP) is 3.63. The molecule has 0 spiro atoms. The predicted molar refractivity (Wildman–Crippen MR) is 75.1 cm³/mol. The number of nitrogens with one attached hydrogen (secondary N) is 1. The normalized spacial score (nSPS) is 13.7. The van der Waals surface area contributed by atoms with Crippen LogP contribution < -0.4 is 5.32 Å². The van der Waals surface area contributed by atoms with Crippen LogP contribution in [0.2, 0.25) is 0 Å². The van der Waals surface area contributed by atoms with Gasteiger partial charge in [0, 0.05) is 22.1 Å². The van der Waals surface area contributed by atoms with E-state index in [0.29, 0.717) is 6.42 Å². The van der Waals surface area contributed by atoms with E-state index in [1.807, 2.05) is 7.05 Å². The first-order valence-electron chi connectivity index (χ1n) is 6.07. The molecule has 1 aromatic rings. The lowest BCUT2D eigenvalue weighted by molar-refractivity contribution is 0.524. The maximum absolute atomic E-state index is 13.5. The topological polar surface area (TPSA) is 12.0 Å². The lowest BCUT2D eigenvalue weighted by Crippen LogP contribution is -2.32. The monoisotopic (exact) mass is 273 g/mol. The highest BCUT2D eigenvalue weighted by Crippen LogP contribution is 2.25. The van der Waals surface area contributed by atoms with E-state index in [4.69, 9.17) is 0 Å². The largest absolute Gasteiger partial charge is 0.316 e. The van der Waals surface area contributed by atoms with Gasteiger partial charge in [-0.05, 0) is 25.6 Å². The van der Waals surface area contributed by atoms with E-state index in [2.05, 4.69) is 26.1 Å². The lowest BCUT2D eigenvalue weighted by Gasteiger charge is -2.23. The summed E-state index contributed by atoms with van der Waals surface area (Å²) < 4.78 is 27.2. The molecule has 0 radical (unpaired) electrons. The Balaban J connectivity index is 2.68. The van der Waals surface area contributed by atoms with Gasteiger partial charge in [-0.1, -0.05) is 26.8 Å². The van der Waals surface area contributed by atoms with Crippen molar-refractivity contribution in [3.63, 3.8) is 0 Å². The number of thioether (sulfide) groups is 1. The maximum Gasteiger partial charge on any atom is 0.129 e. The number of likely N-dealkylation sites (N-methyl/N-ethyl adjacent to an activating group) is 1. The Labute approximate surface area is 112 Å². The van der Waals surface area contributed by atoms with Gasteiger partial charge in [0.15, 0.2) is 0 Å². The van der Waals surface area contributed by atoms with Gasteiger partial charge in [-0.15, -0.1) is 0 Å². The van der Waals surface area contributed by atoms with Gasteiger partial charge in [-0.25, -0.2) is 8.78 Å². The second-order valence-electron chi connectivity index (χ2n) is 5.31. The molecule has 0 saturated heterocycles. The Bertz CT molecular complexity index is 368. The van der Waals surface area contributed by atoms with Gasteiger partial charge in [0.25, 0.3) is 0 Å². The third-order valence-electron chi connectivity index (χ3n) is 2.64. The molecule has 0 aliphatic heterocycles. The first-order chi connectivity index (χ1) is 8.33. The molecule has 0 bridgehead atoms. The fraction of sp³-hybridized carbons (Fsp3) is 0.571. The fourth-order valence-electron chi connectivity index (χ4n) is 1.57. The van der Waals surface area contributed by atoms with Crippen molar-refractivity contribution in [2.75, 3.05) is 12.8 Å². The zero-order valence-corrected chi connectivity index (χ0v) is 12.2. The Morgan fingerprint density at radius 3 is 2.22 bits per heavy atom. The summed E-state index contributed by atoms with van der Waals surface area (Å²) >= 11 is 1.79. The molecule has 1 atom stereocenters. The van der Waals surface area contributed by atoms with E-state index in [9.17, 15) is 8.78 Å². The van der Waals surface area contributed by atoms with Crippen LogP contribution in [0, 0.1) is 11.6 Å². The number of halogens is 2. The van der Waals surface area contributed by atoms with Crippen molar-refractivity contribution in [2.24, 2.45) is 0 Å². The highest BCUT2D eigenvalue weighted by Gasteiger charge is 2.18. The third kappa shape index (κ3) is 4.94. The first-order valence-corrected chi connectivity index (χ1v) is 7.06. The second-order valence-corrected chi connectivity index (χ2v) is 7.16. The molecule has 0 aromatic heterocycles. The van der Waals surface area contributed by atoms with Crippen LogP contribution in [0.15, 0.2) is 18.2 Å². The van der Waals surface area contributed by atoms with E-state index in [-0.39, 0.29) is 16.4 Å². The van der Waals surface area contributed by atoms with Crippen molar-refractivity contribution < 1.29 is 8.78 Å². The standard InChI is InChI=1S/C14H21F2NS/c1-14(2,3)18-9-10(17-4)8-11-12(15)6-5-7-13(11)16/h5-7,10,17H,8-9H2,1-4H3. The molecule has 0 heterocycles. The fourth-order valence-corrected chi connectivity index (χ4v) is 2.55. The summed E-state index contributed by atoms with van der Waals surface area (Å²) in [7, 11) is 1.83. The van der Waals surface area contributed by atoms with E-state index < -0.39 is 11.6 Å². The van der Waals surface area contributed by atoms with Gasteiger partial charge >= 0.3 is 0 Å². The third-order valence-corrected chi connectivity index (χ3v) is 4.07. The van der Waals surface area contributed by atoms with Crippen molar-refractivity contribution in [3.8, 4) is 0 Å². The molecule has 1 nitrogen and oxygen atoms in total. The van der Waals surface area contributed by atoms with Crippen LogP contribution >= 0.6 is 11.8 Å². The summed E-state index contributed by atoms with van der Waals surface area (Å²) in [5, 5.41) is 3.12. The van der Waals surface area contributed by atoms with Gasteiger partial charge < -0.3 is 5.32 Å². The summed E-state index contributed by atoms with van der Waals surface area (Å²) in [4.78, 5) is 0. The van der Waals surface area contributed by atoms with Crippen LogP contribution in [0.25, 0.3) is 0 Å². The Morgan fingerprint density at radius 1 is 1.22 bits per heavy atom. The van der Waals surface area contributed by atoms with Gasteiger partial charge in [-0.2, -0.15) is 11.8 Å². The van der Waals surface area contributed by atoms with Gasteiger partial charge in [0.1, 0.15) is 11.6 Å². The summed E-state index contributed by atoms with van der Waals surface area (Å²) in [6.07, 6.45) is 0.373. The van der Waals surface area contributed by atoms with Gasteiger partial charge in [0.2, 0.25) is 0 Å². The van der Waals surface area contributed by atoms with Crippen molar-refractivity contribution in [3.05, 3.63) is 35.4 Å². The Morgan fingerprint density at radius 2 is 1.78 bits per heavy atom. The molecule has 1 N–H and O–H groups in total. The minimum absolute atomic E-state index is 0.0700. The average molecular weight is 273 g/mol. The Kier molecular flexibility index (Phi) is 5.60. The Hall–Kier alpha value is -0.610. The number of hydrogen-bond donors (Lipinski definition) is 1. The molecule has 0 aliphatic rings. The minimum Gasteiger partial charge on any atom is -0.316 e. The van der Waals surface area contributed by atoms with Crippen LogP contribution in [-0.2, 0) is 6.42 Å². The van der Waals surface area contributed by atoms with Crippen LogP contribution in [-0.4, -0.2) is 23.6 Å².